The van der Waals surface area contributed by atoms with Crippen LogP contribution in [0.15, 0.2) is 108 Å². The van der Waals surface area contributed by atoms with Crippen molar-refractivity contribution in [2.45, 2.75) is 19.8 Å². The molecular weight excluding hydrogens is 350 g/mol. The minimum atomic E-state index is 0.943. The highest BCUT2D eigenvalue weighted by atomic mass is 14.8. The van der Waals surface area contributed by atoms with Crippen LogP contribution in [0.5, 0.6) is 0 Å². The lowest BCUT2D eigenvalue weighted by atomic mass is 9.87. The van der Waals surface area contributed by atoms with Crippen molar-refractivity contribution in [3.05, 3.63) is 130 Å². The molecule has 144 valence electrons. The number of likely N-dealkylation sites (N-methyl/N-ethyl adjacent to an activating group) is 1. The minimum Gasteiger partial charge on any atom is -0.388 e. The number of allylic oxidation sites excluding steroid dienone is 9. The second kappa shape index (κ2) is 8.79. The van der Waals surface area contributed by atoms with Gasteiger partial charge in [0.1, 0.15) is 0 Å². The third-order valence-electron chi connectivity index (χ3n) is 5.46. The van der Waals surface area contributed by atoms with Crippen molar-refractivity contribution in [2.24, 2.45) is 0 Å². The molecule has 2 aromatic rings. The Labute approximate surface area is 174 Å². The largest absolute Gasteiger partial charge is 0.388 e. The molecular formula is C28H27N. The number of hydrogen-bond acceptors (Lipinski definition) is 1. The van der Waals surface area contributed by atoms with Crippen LogP contribution >= 0.6 is 0 Å². The van der Waals surface area contributed by atoms with Gasteiger partial charge in [-0.1, -0.05) is 96.6 Å². The van der Waals surface area contributed by atoms with Gasteiger partial charge in [0.05, 0.1) is 0 Å². The molecule has 29 heavy (non-hydrogen) atoms. The van der Waals surface area contributed by atoms with Crippen LogP contribution in [0.4, 0.5) is 0 Å². The maximum atomic E-state index is 3.42. The minimum absolute atomic E-state index is 0.943. The van der Waals surface area contributed by atoms with Crippen LogP contribution in [0.3, 0.4) is 0 Å². The third-order valence-corrected chi connectivity index (χ3v) is 5.46. The van der Waals surface area contributed by atoms with Crippen molar-refractivity contribution in [1.82, 2.24) is 5.32 Å². The monoisotopic (exact) mass is 377 g/mol. The van der Waals surface area contributed by atoms with Crippen LogP contribution < -0.4 is 5.32 Å². The Morgan fingerprint density at radius 2 is 1.76 bits per heavy atom. The highest BCUT2D eigenvalue weighted by molar-refractivity contribution is 5.83. The van der Waals surface area contributed by atoms with E-state index in [1.165, 1.54) is 39.0 Å². The van der Waals surface area contributed by atoms with Crippen molar-refractivity contribution in [2.75, 3.05) is 7.05 Å². The number of benzene rings is 2. The normalized spacial score (nSPS) is 17.4. The average molecular weight is 378 g/mol. The number of aryl methyl sites for hydroxylation is 1. The lowest BCUT2D eigenvalue weighted by Gasteiger charge is -2.18. The molecule has 4 rings (SSSR count). The highest BCUT2D eigenvalue weighted by Crippen LogP contribution is 2.31. The summed E-state index contributed by atoms with van der Waals surface area (Å²) in [6, 6.07) is 17.5. The molecule has 2 aliphatic carbocycles. The van der Waals surface area contributed by atoms with Gasteiger partial charge >= 0.3 is 0 Å². The molecule has 2 aliphatic rings. The Hall–Kier alpha value is -3.32. The molecule has 0 unspecified atom stereocenters. The summed E-state index contributed by atoms with van der Waals surface area (Å²) >= 11 is 0. The van der Waals surface area contributed by atoms with Gasteiger partial charge in [-0.05, 0) is 59.3 Å². The van der Waals surface area contributed by atoms with Crippen LogP contribution in [0.1, 0.15) is 28.7 Å². The first-order valence-corrected chi connectivity index (χ1v) is 10.2. The molecule has 0 fully saturated rings. The van der Waals surface area contributed by atoms with Gasteiger partial charge in [-0.25, -0.2) is 0 Å². The summed E-state index contributed by atoms with van der Waals surface area (Å²) in [4.78, 5) is 0. The van der Waals surface area contributed by atoms with E-state index in [1.54, 1.807) is 0 Å². The molecule has 1 nitrogen and oxygen atoms in total. The third kappa shape index (κ3) is 4.41. The van der Waals surface area contributed by atoms with Crippen LogP contribution in [0.2, 0.25) is 0 Å². The molecule has 0 amide bonds. The molecule has 1 N–H and O–H groups in total. The van der Waals surface area contributed by atoms with Gasteiger partial charge < -0.3 is 5.32 Å². The van der Waals surface area contributed by atoms with Crippen molar-refractivity contribution >= 4 is 11.6 Å². The summed E-state index contributed by atoms with van der Waals surface area (Å²) in [5.41, 5.74) is 10.2. The first-order valence-electron chi connectivity index (χ1n) is 10.2. The quantitative estimate of drug-likeness (QED) is 0.636. The second-order valence-corrected chi connectivity index (χ2v) is 7.51. The van der Waals surface area contributed by atoms with Crippen molar-refractivity contribution in [3.63, 3.8) is 0 Å². The van der Waals surface area contributed by atoms with Gasteiger partial charge in [-0.15, -0.1) is 0 Å². The van der Waals surface area contributed by atoms with Gasteiger partial charge in [-0.3, -0.25) is 0 Å². The molecule has 0 spiro atoms. The molecule has 1 heteroatoms. The number of hydrogen-bond donors (Lipinski definition) is 1. The topological polar surface area (TPSA) is 12.0 Å². The number of rotatable bonds is 4. The van der Waals surface area contributed by atoms with E-state index in [0.717, 1.165) is 18.5 Å². The summed E-state index contributed by atoms with van der Waals surface area (Å²) in [5, 5.41) is 3.42. The van der Waals surface area contributed by atoms with Gasteiger partial charge in [-0.2, -0.15) is 0 Å². The lowest BCUT2D eigenvalue weighted by molar-refractivity contribution is 1.01. The molecule has 2 aromatic carbocycles. The van der Waals surface area contributed by atoms with E-state index in [0.29, 0.717) is 0 Å². The molecule has 0 saturated heterocycles. The maximum absolute atomic E-state index is 3.42. The Kier molecular flexibility index (Phi) is 5.76. The van der Waals surface area contributed by atoms with E-state index in [2.05, 4.69) is 109 Å². The van der Waals surface area contributed by atoms with Gasteiger partial charge in [0, 0.05) is 12.7 Å². The van der Waals surface area contributed by atoms with E-state index < -0.39 is 0 Å². The van der Waals surface area contributed by atoms with E-state index >= 15 is 0 Å². The number of fused-ring (bicyclic) bond motifs is 1. The Balaban J connectivity index is 1.84. The van der Waals surface area contributed by atoms with Crippen LogP contribution in [0.25, 0.3) is 11.6 Å². The lowest BCUT2D eigenvalue weighted by Crippen LogP contribution is -2.09. The summed E-state index contributed by atoms with van der Waals surface area (Å²) in [6.07, 6.45) is 19.6. The average Bonchev–Trinajstić information content (AvgIpc) is 3.05. The summed E-state index contributed by atoms with van der Waals surface area (Å²) in [7, 11) is 2.00. The molecule has 0 saturated carbocycles. The fourth-order valence-electron chi connectivity index (χ4n) is 3.79. The van der Waals surface area contributed by atoms with Crippen molar-refractivity contribution in [1.29, 1.82) is 0 Å². The number of nitrogens with one attached hydrogen (secondary N) is 1. The molecule has 0 aliphatic heterocycles. The van der Waals surface area contributed by atoms with Crippen LogP contribution in [0, 0.1) is 6.92 Å². The van der Waals surface area contributed by atoms with Gasteiger partial charge in [0.25, 0.3) is 0 Å². The Morgan fingerprint density at radius 3 is 2.59 bits per heavy atom. The van der Waals surface area contributed by atoms with E-state index in [4.69, 9.17) is 0 Å². The Morgan fingerprint density at radius 1 is 0.931 bits per heavy atom. The first-order chi connectivity index (χ1) is 14.2. The van der Waals surface area contributed by atoms with E-state index in [-0.39, 0.29) is 0 Å². The summed E-state index contributed by atoms with van der Waals surface area (Å²) in [5.74, 6) is 0. The highest BCUT2D eigenvalue weighted by Gasteiger charge is 2.13. The zero-order valence-electron chi connectivity index (χ0n) is 17.2. The summed E-state index contributed by atoms with van der Waals surface area (Å²) < 4.78 is 0. The molecule has 0 radical (unpaired) electrons. The Bertz CT molecular complexity index is 1070. The van der Waals surface area contributed by atoms with Gasteiger partial charge in [0.15, 0.2) is 0 Å². The SMILES string of the molecule is CN/C(=C\C(=C1\C=Cc2ccccc2C1)c1ccc(C)cc1)C1=CC=CCC=C1. The molecule has 0 bridgehead atoms. The van der Waals surface area contributed by atoms with E-state index in [9.17, 15) is 0 Å². The van der Waals surface area contributed by atoms with Crippen molar-refractivity contribution < 1.29 is 0 Å². The second-order valence-electron chi connectivity index (χ2n) is 7.51. The first kappa shape index (κ1) is 19.0. The predicted octanol–water partition coefficient (Wildman–Crippen LogP) is 6.56. The molecule has 0 aromatic heterocycles. The zero-order valence-corrected chi connectivity index (χ0v) is 17.2. The molecule has 0 atom stereocenters. The fourth-order valence-corrected chi connectivity index (χ4v) is 3.79. The smallest absolute Gasteiger partial charge is 0.0417 e. The van der Waals surface area contributed by atoms with Crippen LogP contribution in [-0.4, -0.2) is 7.05 Å². The van der Waals surface area contributed by atoms with Crippen molar-refractivity contribution in [3.8, 4) is 0 Å². The van der Waals surface area contributed by atoms with Gasteiger partial charge in [0.2, 0.25) is 0 Å². The van der Waals surface area contributed by atoms with E-state index in [1.807, 2.05) is 7.05 Å². The zero-order chi connectivity index (χ0) is 20.1. The maximum Gasteiger partial charge on any atom is 0.0417 e. The standard InChI is InChI=1S/C28H27N/c1-21-13-15-23(16-14-21)27(20-28(29-2)24-10-5-3-4-6-11-24)26-18-17-22-9-7-8-12-25(22)19-26/h3,5-18,20,29H,4,19H2,1-2H3/b27-26+,28-20-. The summed E-state index contributed by atoms with van der Waals surface area (Å²) in [6.45, 7) is 2.13. The predicted molar refractivity (Wildman–Crippen MR) is 125 cm³/mol. The molecule has 0 heterocycles. The van der Waals surface area contributed by atoms with Crippen LogP contribution in [-0.2, 0) is 6.42 Å². The fraction of sp³-hybridized carbons (Fsp3) is 0.143.